The molecule has 2 N–H and O–H groups in total. The zero-order valence-corrected chi connectivity index (χ0v) is 13.0. The molecule has 0 aliphatic heterocycles. The van der Waals surface area contributed by atoms with Crippen LogP contribution in [0.4, 0.5) is 0 Å². The minimum absolute atomic E-state index is 0.0533. The summed E-state index contributed by atoms with van der Waals surface area (Å²) >= 11 is 1.58. The molecule has 2 rings (SSSR count). The maximum Gasteiger partial charge on any atom is 0.252 e. The van der Waals surface area contributed by atoms with Gasteiger partial charge in [0, 0.05) is 16.2 Å². The van der Waals surface area contributed by atoms with Crippen LogP contribution in [0.1, 0.15) is 40.3 Å². The van der Waals surface area contributed by atoms with Crippen molar-refractivity contribution in [2.45, 2.75) is 31.7 Å². The van der Waals surface area contributed by atoms with Gasteiger partial charge in [0.05, 0.1) is 17.3 Å². The van der Waals surface area contributed by atoms with Crippen molar-refractivity contribution in [3.05, 3.63) is 46.8 Å². The highest BCUT2D eigenvalue weighted by Gasteiger charge is 2.18. The molecule has 1 heterocycles. The molecule has 0 radical (unpaired) electrons. The van der Waals surface area contributed by atoms with E-state index in [0.717, 1.165) is 21.8 Å². The molecule has 1 aromatic carbocycles. The van der Waals surface area contributed by atoms with Crippen molar-refractivity contribution in [2.24, 2.45) is 0 Å². The number of carbonyl (C=O) groups is 1. The quantitative estimate of drug-likeness (QED) is 0.850. The van der Waals surface area contributed by atoms with Crippen molar-refractivity contribution in [2.75, 3.05) is 6.26 Å². The minimum atomic E-state index is -0.0730. The van der Waals surface area contributed by atoms with Crippen LogP contribution in [0.15, 0.2) is 29.2 Å². The van der Waals surface area contributed by atoms with E-state index in [1.54, 1.807) is 11.8 Å². The van der Waals surface area contributed by atoms with Gasteiger partial charge >= 0.3 is 0 Å². The third-order valence-electron chi connectivity index (χ3n) is 3.32. The lowest BCUT2D eigenvalue weighted by molar-refractivity contribution is 0.0937. The van der Waals surface area contributed by atoms with Crippen LogP contribution in [-0.2, 0) is 0 Å². The fourth-order valence-electron chi connectivity index (χ4n) is 2.38. The van der Waals surface area contributed by atoms with E-state index in [-0.39, 0.29) is 11.9 Å². The number of aromatic amines is 1. The SMILES string of the molecule is CSc1ccccc1C(=O)N[C@@H](C)c1c(C)n[nH]c1C. The summed E-state index contributed by atoms with van der Waals surface area (Å²) in [7, 11) is 0. The zero-order chi connectivity index (χ0) is 14.7. The van der Waals surface area contributed by atoms with E-state index in [9.17, 15) is 4.79 Å². The van der Waals surface area contributed by atoms with Crippen molar-refractivity contribution in [3.63, 3.8) is 0 Å². The molecule has 20 heavy (non-hydrogen) atoms. The third kappa shape index (κ3) is 2.88. The number of H-pyrrole nitrogens is 1. The Labute approximate surface area is 123 Å². The van der Waals surface area contributed by atoms with Crippen LogP contribution >= 0.6 is 11.8 Å². The smallest absolute Gasteiger partial charge is 0.252 e. The topological polar surface area (TPSA) is 57.8 Å². The fourth-order valence-corrected chi connectivity index (χ4v) is 2.97. The zero-order valence-electron chi connectivity index (χ0n) is 12.2. The molecule has 0 saturated carbocycles. The number of hydrogen-bond acceptors (Lipinski definition) is 3. The molecular weight excluding hydrogens is 270 g/mol. The van der Waals surface area contributed by atoms with Gasteiger partial charge in [-0.05, 0) is 39.2 Å². The number of thioether (sulfide) groups is 1. The lowest BCUT2D eigenvalue weighted by atomic mass is 10.1. The Kier molecular flexibility index (Phi) is 4.49. The standard InChI is InChI=1S/C15H19N3OS/c1-9(14-10(2)17-18-11(14)3)16-15(19)12-7-5-6-8-13(12)20-4/h5-9H,1-4H3,(H,16,19)(H,17,18)/t9-/m0/s1. The number of aryl methyl sites for hydroxylation is 2. The first-order valence-electron chi connectivity index (χ1n) is 6.50. The van der Waals surface area contributed by atoms with Crippen LogP contribution in [0.5, 0.6) is 0 Å². The van der Waals surface area contributed by atoms with Crippen molar-refractivity contribution < 1.29 is 4.79 Å². The fraction of sp³-hybridized carbons (Fsp3) is 0.333. The molecule has 1 aromatic heterocycles. The molecule has 0 saturated heterocycles. The van der Waals surface area contributed by atoms with Crippen molar-refractivity contribution in [3.8, 4) is 0 Å². The number of benzene rings is 1. The van der Waals surface area contributed by atoms with Gasteiger partial charge < -0.3 is 5.32 Å². The third-order valence-corrected chi connectivity index (χ3v) is 4.11. The summed E-state index contributed by atoms with van der Waals surface area (Å²) in [6.07, 6.45) is 1.97. The normalized spacial score (nSPS) is 12.2. The van der Waals surface area contributed by atoms with E-state index in [1.807, 2.05) is 51.3 Å². The molecule has 0 bridgehead atoms. The van der Waals surface area contributed by atoms with Crippen molar-refractivity contribution >= 4 is 17.7 Å². The summed E-state index contributed by atoms with van der Waals surface area (Å²) in [5, 5.41) is 10.2. The van der Waals surface area contributed by atoms with Gasteiger partial charge in [-0.15, -0.1) is 11.8 Å². The summed E-state index contributed by atoms with van der Waals surface area (Å²) in [5.41, 5.74) is 3.69. The minimum Gasteiger partial charge on any atom is -0.345 e. The first-order valence-corrected chi connectivity index (χ1v) is 7.72. The highest BCUT2D eigenvalue weighted by Crippen LogP contribution is 2.22. The predicted molar refractivity (Wildman–Crippen MR) is 82.2 cm³/mol. The summed E-state index contributed by atoms with van der Waals surface area (Å²) in [6.45, 7) is 5.88. The Hall–Kier alpha value is -1.75. The monoisotopic (exact) mass is 289 g/mol. The number of carbonyl (C=O) groups excluding carboxylic acids is 1. The van der Waals surface area contributed by atoms with Crippen molar-refractivity contribution in [1.82, 2.24) is 15.5 Å². The van der Waals surface area contributed by atoms with Gasteiger partial charge in [0.1, 0.15) is 0 Å². The summed E-state index contributed by atoms with van der Waals surface area (Å²) < 4.78 is 0. The van der Waals surface area contributed by atoms with Gasteiger partial charge in [0.25, 0.3) is 5.91 Å². The first kappa shape index (κ1) is 14.7. The highest BCUT2D eigenvalue weighted by atomic mass is 32.2. The summed E-state index contributed by atoms with van der Waals surface area (Å²) in [4.78, 5) is 13.4. The van der Waals surface area contributed by atoms with E-state index in [0.29, 0.717) is 5.56 Å². The first-order chi connectivity index (χ1) is 9.54. The Morgan fingerprint density at radius 1 is 1.35 bits per heavy atom. The largest absolute Gasteiger partial charge is 0.345 e. The number of rotatable bonds is 4. The Morgan fingerprint density at radius 2 is 2.05 bits per heavy atom. The van der Waals surface area contributed by atoms with E-state index >= 15 is 0 Å². The average molecular weight is 289 g/mol. The van der Waals surface area contributed by atoms with E-state index in [1.165, 1.54) is 0 Å². The molecule has 0 aliphatic rings. The lowest BCUT2D eigenvalue weighted by Crippen LogP contribution is -2.27. The Bertz CT molecular complexity index is 602. The number of amides is 1. The molecule has 1 atom stereocenters. The highest BCUT2D eigenvalue weighted by molar-refractivity contribution is 7.98. The van der Waals surface area contributed by atoms with Gasteiger partial charge in [0.15, 0.2) is 0 Å². The van der Waals surface area contributed by atoms with Gasteiger partial charge in [0.2, 0.25) is 0 Å². The second kappa shape index (κ2) is 6.13. The van der Waals surface area contributed by atoms with Crippen LogP contribution in [0.25, 0.3) is 0 Å². The van der Waals surface area contributed by atoms with Crippen molar-refractivity contribution in [1.29, 1.82) is 0 Å². The van der Waals surface area contributed by atoms with Crippen LogP contribution in [-0.4, -0.2) is 22.4 Å². The Morgan fingerprint density at radius 3 is 2.65 bits per heavy atom. The molecule has 0 spiro atoms. The van der Waals surface area contributed by atoms with Gasteiger partial charge in [-0.1, -0.05) is 12.1 Å². The summed E-state index contributed by atoms with van der Waals surface area (Å²) in [6, 6.07) is 7.56. The molecule has 0 unspecified atom stereocenters. The number of nitrogens with one attached hydrogen (secondary N) is 2. The van der Waals surface area contributed by atoms with Gasteiger partial charge in [-0.3, -0.25) is 9.89 Å². The average Bonchev–Trinajstić information content (AvgIpc) is 2.78. The number of nitrogens with zero attached hydrogens (tertiary/aromatic N) is 1. The molecule has 0 aliphatic carbocycles. The van der Waals surface area contributed by atoms with Gasteiger partial charge in [-0.25, -0.2) is 0 Å². The lowest BCUT2D eigenvalue weighted by Gasteiger charge is -2.15. The second-order valence-electron chi connectivity index (χ2n) is 4.74. The maximum atomic E-state index is 12.4. The van der Waals surface area contributed by atoms with E-state index < -0.39 is 0 Å². The van der Waals surface area contributed by atoms with Crippen LogP contribution in [0.2, 0.25) is 0 Å². The number of hydrogen-bond donors (Lipinski definition) is 2. The van der Waals surface area contributed by atoms with E-state index in [2.05, 4.69) is 15.5 Å². The van der Waals surface area contributed by atoms with E-state index in [4.69, 9.17) is 0 Å². The molecule has 2 aromatic rings. The molecular formula is C15H19N3OS. The Balaban J connectivity index is 2.20. The van der Waals surface area contributed by atoms with Crippen LogP contribution in [0.3, 0.4) is 0 Å². The second-order valence-corrected chi connectivity index (χ2v) is 5.59. The summed E-state index contributed by atoms with van der Waals surface area (Å²) in [5.74, 6) is -0.0533. The maximum absolute atomic E-state index is 12.4. The van der Waals surface area contributed by atoms with Gasteiger partial charge in [-0.2, -0.15) is 5.10 Å². The molecule has 0 fully saturated rings. The molecule has 106 valence electrons. The number of aromatic nitrogens is 2. The molecule has 5 heteroatoms. The molecule has 1 amide bonds. The van der Waals surface area contributed by atoms with Crippen LogP contribution in [0, 0.1) is 13.8 Å². The predicted octanol–water partition coefficient (Wildman–Crippen LogP) is 3.24. The van der Waals surface area contributed by atoms with Crippen LogP contribution < -0.4 is 5.32 Å². The molecule has 4 nitrogen and oxygen atoms in total.